The van der Waals surface area contributed by atoms with E-state index in [1.807, 2.05) is 6.92 Å². The molecular formula is C17H11Cl2FN2OS. The van der Waals surface area contributed by atoms with Gasteiger partial charge in [0.2, 0.25) is 0 Å². The molecule has 0 unspecified atom stereocenters. The second-order valence-corrected chi connectivity index (χ2v) is 7.06. The topological polar surface area (TPSA) is 42.0 Å². The number of anilines is 1. The van der Waals surface area contributed by atoms with E-state index < -0.39 is 0 Å². The Kier molecular flexibility index (Phi) is 4.85. The maximum Gasteiger partial charge on any atom is 0.258 e. The van der Waals surface area contributed by atoms with Crippen molar-refractivity contribution in [1.82, 2.24) is 4.98 Å². The van der Waals surface area contributed by atoms with Crippen molar-refractivity contribution in [3.63, 3.8) is 0 Å². The van der Waals surface area contributed by atoms with Crippen LogP contribution in [0.2, 0.25) is 10.0 Å². The van der Waals surface area contributed by atoms with Crippen LogP contribution >= 0.6 is 34.5 Å². The summed E-state index contributed by atoms with van der Waals surface area (Å²) in [5, 5.41) is 3.90. The zero-order valence-electron chi connectivity index (χ0n) is 12.4. The lowest BCUT2D eigenvalue weighted by atomic mass is 10.1. The minimum atomic E-state index is -0.365. The summed E-state index contributed by atoms with van der Waals surface area (Å²) in [4.78, 5) is 17.7. The van der Waals surface area contributed by atoms with Gasteiger partial charge in [0.05, 0.1) is 16.3 Å². The number of benzene rings is 2. The highest BCUT2D eigenvalue weighted by Gasteiger charge is 2.15. The van der Waals surface area contributed by atoms with Gasteiger partial charge < -0.3 is 0 Å². The van der Waals surface area contributed by atoms with Gasteiger partial charge >= 0.3 is 0 Å². The maximum absolute atomic E-state index is 13.0. The molecule has 0 aliphatic heterocycles. The summed E-state index contributed by atoms with van der Waals surface area (Å²) in [6.07, 6.45) is 0. The highest BCUT2D eigenvalue weighted by atomic mass is 35.5. The van der Waals surface area contributed by atoms with Crippen LogP contribution in [0.15, 0.2) is 42.5 Å². The van der Waals surface area contributed by atoms with Crippen LogP contribution in [0.5, 0.6) is 0 Å². The predicted octanol–water partition coefficient (Wildman–Crippen LogP) is 5.82. The van der Waals surface area contributed by atoms with Crippen LogP contribution in [-0.4, -0.2) is 10.9 Å². The quantitative estimate of drug-likeness (QED) is 0.622. The number of rotatable bonds is 3. The van der Waals surface area contributed by atoms with Gasteiger partial charge in [-0.25, -0.2) is 9.37 Å². The summed E-state index contributed by atoms with van der Waals surface area (Å²) >= 11 is 13.2. The van der Waals surface area contributed by atoms with Gasteiger partial charge in [0.15, 0.2) is 5.13 Å². The number of aromatic nitrogens is 1. The van der Waals surface area contributed by atoms with Gasteiger partial charge in [-0.3, -0.25) is 10.1 Å². The van der Waals surface area contributed by atoms with Crippen molar-refractivity contribution < 1.29 is 9.18 Å². The lowest BCUT2D eigenvalue weighted by Crippen LogP contribution is -2.12. The van der Waals surface area contributed by atoms with Gasteiger partial charge in [0, 0.05) is 15.5 Å². The van der Waals surface area contributed by atoms with E-state index in [0.29, 0.717) is 21.4 Å². The van der Waals surface area contributed by atoms with E-state index in [9.17, 15) is 9.18 Å². The van der Waals surface area contributed by atoms with Crippen LogP contribution < -0.4 is 5.32 Å². The number of thiazole rings is 1. The van der Waals surface area contributed by atoms with Crippen LogP contribution in [0.25, 0.3) is 11.3 Å². The van der Waals surface area contributed by atoms with Gasteiger partial charge in [-0.2, -0.15) is 0 Å². The average Bonchev–Trinajstić information content (AvgIpc) is 2.88. The summed E-state index contributed by atoms with van der Waals surface area (Å²) in [5.74, 6) is -0.673. The fourth-order valence-corrected chi connectivity index (χ4v) is 3.49. The molecule has 0 radical (unpaired) electrons. The Morgan fingerprint density at radius 3 is 2.54 bits per heavy atom. The Bertz CT molecular complexity index is 909. The van der Waals surface area contributed by atoms with Crippen molar-refractivity contribution in [3.8, 4) is 11.3 Å². The van der Waals surface area contributed by atoms with E-state index in [2.05, 4.69) is 10.3 Å². The van der Waals surface area contributed by atoms with Crippen molar-refractivity contribution in [2.75, 3.05) is 5.32 Å². The van der Waals surface area contributed by atoms with E-state index in [0.717, 1.165) is 10.4 Å². The van der Waals surface area contributed by atoms with Gasteiger partial charge in [-0.15, -0.1) is 11.3 Å². The summed E-state index contributed by atoms with van der Waals surface area (Å²) in [7, 11) is 0. The van der Waals surface area contributed by atoms with Crippen LogP contribution in [0.1, 0.15) is 15.2 Å². The van der Waals surface area contributed by atoms with Crippen LogP contribution in [0, 0.1) is 12.7 Å². The first-order chi connectivity index (χ1) is 11.4. The molecule has 1 heterocycles. The Hall–Kier alpha value is -1.95. The smallest absolute Gasteiger partial charge is 0.258 e. The van der Waals surface area contributed by atoms with Gasteiger partial charge in [0.25, 0.3) is 5.91 Å². The lowest BCUT2D eigenvalue weighted by Gasteiger charge is -2.04. The second kappa shape index (κ2) is 6.89. The monoisotopic (exact) mass is 380 g/mol. The zero-order valence-corrected chi connectivity index (χ0v) is 14.8. The van der Waals surface area contributed by atoms with Crippen molar-refractivity contribution >= 4 is 45.6 Å². The number of hydrogen-bond donors (Lipinski definition) is 1. The Labute approximate surface area is 152 Å². The molecule has 122 valence electrons. The fourth-order valence-electron chi connectivity index (χ4n) is 2.16. The normalized spacial score (nSPS) is 10.7. The number of aryl methyl sites for hydroxylation is 1. The Morgan fingerprint density at radius 2 is 1.88 bits per heavy atom. The third kappa shape index (κ3) is 3.59. The molecule has 0 bridgehead atoms. The van der Waals surface area contributed by atoms with Crippen LogP contribution in [0.3, 0.4) is 0 Å². The number of nitrogens with one attached hydrogen (secondary N) is 1. The molecule has 1 amide bonds. The summed E-state index contributed by atoms with van der Waals surface area (Å²) in [5.41, 5.74) is 1.81. The lowest BCUT2D eigenvalue weighted by molar-refractivity contribution is 0.102. The largest absolute Gasteiger partial charge is 0.298 e. The molecule has 24 heavy (non-hydrogen) atoms. The van der Waals surface area contributed by atoms with E-state index >= 15 is 0 Å². The highest BCUT2D eigenvalue weighted by molar-refractivity contribution is 7.16. The third-order valence-electron chi connectivity index (χ3n) is 3.31. The summed E-state index contributed by atoms with van der Waals surface area (Å²) in [6.45, 7) is 1.89. The molecular weight excluding hydrogens is 370 g/mol. The molecule has 1 N–H and O–H groups in total. The molecule has 0 atom stereocenters. The molecule has 3 aromatic rings. The van der Waals surface area contributed by atoms with E-state index in [4.69, 9.17) is 23.2 Å². The first-order valence-corrected chi connectivity index (χ1v) is 8.51. The third-order valence-corrected chi connectivity index (χ3v) is 4.74. The van der Waals surface area contributed by atoms with Gasteiger partial charge in [-0.05, 0) is 49.4 Å². The summed E-state index contributed by atoms with van der Waals surface area (Å²) in [6, 6.07) is 10.7. The fraction of sp³-hybridized carbons (Fsp3) is 0.0588. The average molecular weight is 381 g/mol. The molecule has 3 rings (SSSR count). The molecule has 0 fully saturated rings. The minimum Gasteiger partial charge on any atom is -0.298 e. The molecule has 1 aromatic heterocycles. The van der Waals surface area contributed by atoms with Gasteiger partial charge in [-0.1, -0.05) is 23.2 Å². The molecule has 3 nitrogen and oxygen atoms in total. The minimum absolute atomic E-state index is 0.270. The number of halogens is 3. The molecule has 2 aromatic carbocycles. The maximum atomic E-state index is 13.0. The molecule has 0 spiro atoms. The van der Waals surface area contributed by atoms with E-state index in [1.54, 1.807) is 24.3 Å². The molecule has 0 aliphatic carbocycles. The van der Waals surface area contributed by atoms with Crippen molar-refractivity contribution in [1.29, 1.82) is 0 Å². The molecule has 0 aliphatic rings. The molecule has 0 saturated carbocycles. The Balaban J connectivity index is 1.85. The summed E-state index contributed by atoms with van der Waals surface area (Å²) < 4.78 is 13.0. The predicted molar refractivity (Wildman–Crippen MR) is 96.7 cm³/mol. The van der Waals surface area contributed by atoms with Crippen molar-refractivity contribution in [2.45, 2.75) is 6.92 Å². The van der Waals surface area contributed by atoms with Crippen LogP contribution in [-0.2, 0) is 0 Å². The number of carbonyl (C=O) groups excluding carboxylic acids is 1. The number of nitrogens with zero attached hydrogens (tertiary/aromatic N) is 1. The SMILES string of the molecule is Cc1sc(NC(=O)c2ccc(Cl)cc2Cl)nc1-c1ccc(F)cc1. The van der Waals surface area contributed by atoms with Gasteiger partial charge in [0.1, 0.15) is 5.82 Å². The highest BCUT2D eigenvalue weighted by Crippen LogP contribution is 2.31. The number of amides is 1. The van der Waals surface area contributed by atoms with E-state index in [-0.39, 0.29) is 16.7 Å². The van der Waals surface area contributed by atoms with Crippen LogP contribution in [0.4, 0.5) is 9.52 Å². The number of carbonyl (C=O) groups is 1. The second-order valence-electron chi connectivity index (χ2n) is 5.01. The molecule has 0 saturated heterocycles. The first kappa shape index (κ1) is 16.9. The molecule has 7 heteroatoms. The Morgan fingerprint density at radius 1 is 1.17 bits per heavy atom. The number of hydrogen-bond acceptors (Lipinski definition) is 3. The van der Waals surface area contributed by atoms with Crippen molar-refractivity contribution in [3.05, 3.63) is 68.8 Å². The van der Waals surface area contributed by atoms with E-state index in [1.165, 1.54) is 29.5 Å². The zero-order chi connectivity index (χ0) is 17.3. The first-order valence-electron chi connectivity index (χ1n) is 6.94. The van der Waals surface area contributed by atoms with Crippen molar-refractivity contribution in [2.24, 2.45) is 0 Å². The standard InChI is InChI=1S/C17H11Cl2FN2OS/c1-9-15(10-2-5-12(20)6-3-10)21-17(24-9)22-16(23)13-7-4-11(18)8-14(13)19/h2-8H,1H3,(H,21,22,23).